The first kappa shape index (κ1) is 19.5. The van der Waals surface area contributed by atoms with Crippen LogP contribution < -0.4 is 10.2 Å². The number of hydrogen-bond donors (Lipinski definition) is 1. The van der Waals surface area contributed by atoms with Crippen molar-refractivity contribution in [1.82, 2.24) is 5.32 Å². The minimum absolute atomic E-state index is 0.0567. The Labute approximate surface area is 173 Å². The molecule has 6 nitrogen and oxygen atoms in total. The van der Waals surface area contributed by atoms with E-state index in [1.54, 1.807) is 6.07 Å². The number of nitrogens with zero attached hydrogens (tertiary/aromatic N) is 1. The van der Waals surface area contributed by atoms with E-state index < -0.39 is 5.97 Å². The van der Waals surface area contributed by atoms with Crippen LogP contribution >= 0.6 is 11.8 Å². The molecule has 4 rings (SSSR count). The van der Waals surface area contributed by atoms with Gasteiger partial charge in [-0.2, -0.15) is 0 Å². The zero-order valence-electron chi connectivity index (χ0n) is 15.9. The van der Waals surface area contributed by atoms with Crippen molar-refractivity contribution < 1.29 is 19.1 Å². The number of amides is 2. The molecular weight excluding hydrogens is 388 g/mol. The Kier molecular flexibility index (Phi) is 5.85. The second kappa shape index (κ2) is 8.69. The molecule has 29 heavy (non-hydrogen) atoms. The van der Waals surface area contributed by atoms with E-state index in [4.69, 9.17) is 4.74 Å². The number of esters is 1. The molecule has 1 N–H and O–H groups in total. The standard InChI is InChI=1S/C22H22N2O4S/c25-20(23-17-9-5-7-15-6-1-2-8-16(15)17)13-28-22(27)12-24-18-10-3-4-11-19(18)29-14-21(24)26/h1-4,6,8,10-11,17H,5,7,9,12-14H2,(H,23,25)/t17-/m0/s1. The molecule has 2 aromatic carbocycles. The zero-order chi connectivity index (χ0) is 20.2. The van der Waals surface area contributed by atoms with E-state index in [2.05, 4.69) is 11.4 Å². The molecule has 1 atom stereocenters. The minimum Gasteiger partial charge on any atom is -0.454 e. The summed E-state index contributed by atoms with van der Waals surface area (Å²) in [7, 11) is 0. The highest BCUT2D eigenvalue weighted by Gasteiger charge is 2.27. The molecule has 0 saturated carbocycles. The Balaban J connectivity index is 1.31. The Bertz CT molecular complexity index is 946. The fourth-order valence-electron chi connectivity index (χ4n) is 3.79. The van der Waals surface area contributed by atoms with Crippen LogP contribution in [0.15, 0.2) is 53.4 Å². The molecule has 0 bridgehead atoms. The first-order chi connectivity index (χ1) is 14.1. The summed E-state index contributed by atoms with van der Waals surface area (Å²) in [6, 6.07) is 15.5. The Hall–Kier alpha value is -2.80. The lowest BCUT2D eigenvalue weighted by Crippen LogP contribution is -2.41. The van der Waals surface area contributed by atoms with Crippen LogP contribution in [0, 0.1) is 0 Å². The summed E-state index contributed by atoms with van der Waals surface area (Å²) < 4.78 is 5.15. The van der Waals surface area contributed by atoms with Gasteiger partial charge >= 0.3 is 5.97 Å². The molecular formula is C22H22N2O4S. The van der Waals surface area contributed by atoms with Crippen LogP contribution in [0.2, 0.25) is 0 Å². The van der Waals surface area contributed by atoms with Gasteiger partial charge in [0, 0.05) is 4.90 Å². The minimum atomic E-state index is -0.598. The van der Waals surface area contributed by atoms with Crippen LogP contribution in [-0.2, 0) is 25.5 Å². The number of rotatable bonds is 5. The van der Waals surface area contributed by atoms with E-state index in [9.17, 15) is 14.4 Å². The van der Waals surface area contributed by atoms with Crippen molar-refractivity contribution in [2.75, 3.05) is 23.8 Å². The van der Waals surface area contributed by atoms with E-state index >= 15 is 0 Å². The maximum Gasteiger partial charge on any atom is 0.326 e. The highest BCUT2D eigenvalue weighted by molar-refractivity contribution is 8.00. The number of fused-ring (bicyclic) bond motifs is 2. The number of aryl methyl sites for hydroxylation is 1. The molecule has 0 unspecified atom stereocenters. The van der Waals surface area contributed by atoms with Crippen LogP contribution in [0.25, 0.3) is 0 Å². The van der Waals surface area contributed by atoms with Crippen LogP contribution in [0.4, 0.5) is 5.69 Å². The predicted molar refractivity (Wildman–Crippen MR) is 111 cm³/mol. The molecule has 1 heterocycles. The van der Waals surface area contributed by atoms with Gasteiger partial charge in [-0.1, -0.05) is 36.4 Å². The Morgan fingerprint density at radius 2 is 1.93 bits per heavy atom. The molecule has 7 heteroatoms. The number of para-hydroxylation sites is 1. The van der Waals surface area contributed by atoms with Crippen molar-refractivity contribution in [2.24, 2.45) is 0 Å². The third kappa shape index (κ3) is 4.45. The van der Waals surface area contributed by atoms with Crippen LogP contribution in [0.5, 0.6) is 0 Å². The fourth-order valence-corrected chi connectivity index (χ4v) is 4.72. The summed E-state index contributed by atoms with van der Waals surface area (Å²) in [4.78, 5) is 39.2. The molecule has 0 fully saturated rings. The third-order valence-corrected chi connectivity index (χ3v) is 6.21. The molecule has 0 spiro atoms. The van der Waals surface area contributed by atoms with Gasteiger partial charge in [-0.05, 0) is 42.5 Å². The van der Waals surface area contributed by atoms with Crippen molar-refractivity contribution in [3.8, 4) is 0 Å². The lowest BCUT2D eigenvalue weighted by molar-refractivity contribution is -0.147. The molecule has 0 radical (unpaired) electrons. The van der Waals surface area contributed by atoms with E-state index in [0.717, 1.165) is 29.7 Å². The molecule has 2 amide bonds. The average molecular weight is 410 g/mol. The maximum absolute atomic E-state index is 12.3. The summed E-state index contributed by atoms with van der Waals surface area (Å²) in [5, 5.41) is 2.96. The number of thioether (sulfide) groups is 1. The molecule has 2 aliphatic rings. The van der Waals surface area contributed by atoms with Crippen molar-refractivity contribution in [3.05, 3.63) is 59.7 Å². The first-order valence-electron chi connectivity index (χ1n) is 9.67. The summed E-state index contributed by atoms with van der Waals surface area (Å²) >= 11 is 1.45. The van der Waals surface area contributed by atoms with Crippen LogP contribution in [0.1, 0.15) is 30.0 Å². The van der Waals surface area contributed by atoms with Crippen molar-refractivity contribution in [2.45, 2.75) is 30.2 Å². The van der Waals surface area contributed by atoms with Gasteiger partial charge in [0.1, 0.15) is 6.54 Å². The average Bonchev–Trinajstić information content (AvgIpc) is 2.75. The fraction of sp³-hybridized carbons (Fsp3) is 0.318. The normalized spacial score (nSPS) is 17.9. The molecule has 150 valence electrons. The van der Waals surface area contributed by atoms with Gasteiger partial charge < -0.3 is 10.1 Å². The number of anilines is 1. The van der Waals surface area contributed by atoms with E-state index in [1.807, 2.05) is 36.4 Å². The molecule has 0 saturated heterocycles. The predicted octanol–water partition coefficient (Wildman–Crippen LogP) is 2.86. The van der Waals surface area contributed by atoms with Gasteiger partial charge in [-0.25, -0.2) is 0 Å². The van der Waals surface area contributed by atoms with Crippen molar-refractivity contribution >= 4 is 35.2 Å². The number of benzene rings is 2. The second-order valence-corrected chi connectivity index (χ2v) is 8.13. The highest BCUT2D eigenvalue weighted by Crippen LogP contribution is 2.34. The first-order valence-corrected chi connectivity index (χ1v) is 10.7. The van der Waals surface area contributed by atoms with Gasteiger partial charge in [-0.3, -0.25) is 19.3 Å². The van der Waals surface area contributed by atoms with Gasteiger partial charge in [0.25, 0.3) is 5.91 Å². The molecule has 0 aromatic heterocycles. The highest BCUT2D eigenvalue weighted by atomic mass is 32.2. The van der Waals surface area contributed by atoms with E-state index in [1.165, 1.54) is 22.2 Å². The smallest absolute Gasteiger partial charge is 0.326 e. The van der Waals surface area contributed by atoms with Crippen LogP contribution in [-0.4, -0.2) is 36.7 Å². The topological polar surface area (TPSA) is 75.7 Å². The summed E-state index contributed by atoms with van der Waals surface area (Å²) in [6.07, 6.45) is 2.89. The molecule has 1 aliphatic heterocycles. The number of nitrogens with one attached hydrogen (secondary N) is 1. The number of ether oxygens (including phenoxy) is 1. The summed E-state index contributed by atoms with van der Waals surface area (Å²) in [5.41, 5.74) is 3.08. The van der Waals surface area contributed by atoms with Gasteiger partial charge in [0.05, 0.1) is 17.5 Å². The second-order valence-electron chi connectivity index (χ2n) is 7.11. The third-order valence-electron chi connectivity index (χ3n) is 5.16. The molecule has 2 aromatic rings. The van der Waals surface area contributed by atoms with E-state index in [0.29, 0.717) is 5.69 Å². The van der Waals surface area contributed by atoms with Crippen LogP contribution in [0.3, 0.4) is 0 Å². The van der Waals surface area contributed by atoms with Crippen molar-refractivity contribution in [1.29, 1.82) is 0 Å². The largest absolute Gasteiger partial charge is 0.454 e. The Morgan fingerprint density at radius 1 is 1.14 bits per heavy atom. The van der Waals surface area contributed by atoms with Crippen molar-refractivity contribution in [3.63, 3.8) is 0 Å². The van der Waals surface area contributed by atoms with Gasteiger partial charge in [0.2, 0.25) is 5.91 Å². The SMILES string of the molecule is O=C(COC(=O)CN1C(=O)CSc2ccccc21)N[C@H]1CCCc2ccccc21. The summed E-state index contributed by atoms with van der Waals surface area (Å²) in [5.74, 6) is -0.791. The molecule has 1 aliphatic carbocycles. The van der Waals surface area contributed by atoms with E-state index in [-0.39, 0.29) is 36.8 Å². The lowest BCUT2D eigenvalue weighted by Gasteiger charge is -2.28. The monoisotopic (exact) mass is 410 g/mol. The summed E-state index contributed by atoms with van der Waals surface area (Å²) in [6.45, 7) is -0.550. The number of carbonyl (C=O) groups excluding carboxylic acids is 3. The zero-order valence-corrected chi connectivity index (χ0v) is 16.7. The number of hydrogen-bond acceptors (Lipinski definition) is 5. The Morgan fingerprint density at radius 3 is 2.83 bits per heavy atom. The van der Waals surface area contributed by atoms with Gasteiger partial charge in [-0.15, -0.1) is 11.8 Å². The lowest BCUT2D eigenvalue weighted by atomic mass is 9.88. The quantitative estimate of drug-likeness (QED) is 0.767. The maximum atomic E-state index is 12.3. The number of carbonyl (C=O) groups is 3. The van der Waals surface area contributed by atoms with Gasteiger partial charge in [0.15, 0.2) is 6.61 Å².